The molecule has 0 N–H and O–H groups in total. The molecule has 1 aromatic carbocycles. The van der Waals surface area contributed by atoms with Crippen LogP contribution in [0.15, 0.2) is 54.9 Å². The number of benzene rings is 1. The minimum atomic E-state index is 0.0146. The number of aromatic nitrogens is 3. The van der Waals surface area contributed by atoms with Crippen LogP contribution in [0.1, 0.15) is 47.7 Å². The molecule has 5 heteroatoms. The van der Waals surface area contributed by atoms with Crippen molar-refractivity contribution < 1.29 is 4.79 Å². The first kappa shape index (κ1) is 19.7. The summed E-state index contributed by atoms with van der Waals surface area (Å²) in [6, 6.07) is 13.5. The number of carbonyl (C=O) groups is 1. The maximum Gasteiger partial charge on any atom is 0.254 e. The second-order valence-corrected chi connectivity index (χ2v) is 6.82. The molecule has 0 saturated carbocycles. The van der Waals surface area contributed by atoms with Gasteiger partial charge in [0.25, 0.3) is 5.91 Å². The summed E-state index contributed by atoms with van der Waals surface area (Å²) in [4.78, 5) is 28.1. The number of nitrogens with zero attached hydrogens (tertiary/aromatic N) is 4. The number of hydrogen-bond acceptors (Lipinski definition) is 4. The smallest absolute Gasteiger partial charge is 0.254 e. The molecule has 0 atom stereocenters. The highest BCUT2D eigenvalue weighted by Crippen LogP contribution is 2.21. The summed E-state index contributed by atoms with van der Waals surface area (Å²) < 4.78 is 0. The number of rotatable bonds is 7. The highest BCUT2D eigenvalue weighted by atomic mass is 16.2. The molecule has 0 unspecified atom stereocenters. The molecular weight excluding hydrogens is 348 g/mol. The highest BCUT2D eigenvalue weighted by Gasteiger charge is 2.16. The lowest BCUT2D eigenvalue weighted by atomic mass is 10.1. The van der Waals surface area contributed by atoms with Crippen molar-refractivity contribution in [3.8, 4) is 11.3 Å². The van der Waals surface area contributed by atoms with E-state index in [1.807, 2.05) is 61.2 Å². The molecule has 144 valence electrons. The van der Waals surface area contributed by atoms with E-state index >= 15 is 0 Å². The summed E-state index contributed by atoms with van der Waals surface area (Å²) in [6.07, 6.45) is 5.35. The lowest BCUT2D eigenvalue weighted by Gasteiger charge is -2.21. The highest BCUT2D eigenvalue weighted by molar-refractivity contribution is 5.95. The van der Waals surface area contributed by atoms with Crippen LogP contribution in [0.3, 0.4) is 0 Å². The predicted octanol–water partition coefficient (Wildman–Crippen LogP) is 4.46. The van der Waals surface area contributed by atoms with E-state index in [1.165, 1.54) is 0 Å². The van der Waals surface area contributed by atoms with Gasteiger partial charge < -0.3 is 4.90 Å². The van der Waals surface area contributed by atoms with Gasteiger partial charge >= 0.3 is 0 Å². The number of amides is 1. The van der Waals surface area contributed by atoms with Gasteiger partial charge in [-0.2, -0.15) is 0 Å². The minimum Gasteiger partial charge on any atom is -0.335 e. The normalized spacial score (nSPS) is 10.7. The second-order valence-electron chi connectivity index (χ2n) is 6.82. The van der Waals surface area contributed by atoms with E-state index < -0.39 is 0 Å². The van der Waals surface area contributed by atoms with E-state index in [1.54, 1.807) is 12.4 Å². The van der Waals surface area contributed by atoms with E-state index in [-0.39, 0.29) is 5.91 Å². The number of pyridine rings is 1. The van der Waals surface area contributed by atoms with Crippen molar-refractivity contribution in [3.05, 3.63) is 77.5 Å². The quantitative estimate of drug-likeness (QED) is 0.612. The summed E-state index contributed by atoms with van der Waals surface area (Å²) in [5.41, 5.74) is 4.48. The van der Waals surface area contributed by atoms with Gasteiger partial charge in [-0.05, 0) is 56.2 Å². The van der Waals surface area contributed by atoms with E-state index in [9.17, 15) is 4.79 Å². The van der Waals surface area contributed by atoms with Crippen LogP contribution in [0.25, 0.3) is 11.3 Å². The number of aryl methyl sites for hydroxylation is 2. The summed E-state index contributed by atoms with van der Waals surface area (Å²) >= 11 is 0. The van der Waals surface area contributed by atoms with Crippen LogP contribution in [-0.2, 0) is 13.0 Å². The Morgan fingerprint density at radius 3 is 2.54 bits per heavy atom. The van der Waals surface area contributed by atoms with Gasteiger partial charge in [0.1, 0.15) is 5.82 Å². The third kappa shape index (κ3) is 4.80. The summed E-state index contributed by atoms with van der Waals surface area (Å²) in [7, 11) is 0. The Labute approximate surface area is 166 Å². The molecule has 0 spiro atoms. The van der Waals surface area contributed by atoms with E-state index in [0.717, 1.165) is 41.2 Å². The van der Waals surface area contributed by atoms with Gasteiger partial charge in [0.2, 0.25) is 0 Å². The lowest BCUT2D eigenvalue weighted by molar-refractivity contribution is 0.0752. The molecule has 5 nitrogen and oxygen atoms in total. The average Bonchev–Trinajstić information content (AvgIpc) is 2.72. The van der Waals surface area contributed by atoms with Crippen LogP contribution in [-0.4, -0.2) is 32.3 Å². The van der Waals surface area contributed by atoms with Crippen LogP contribution in [0.5, 0.6) is 0 Å². The summed E-state index contributed by atoms with van der Waals surface area (Å²) in [6.45, 7) is 7.29. The standard InChI is InChI=1S/C23H26N4O/c1-4-7-22-25-17(3)14-21(26-22)19-8-6-9-20(15-19)23(28)27(5-2)16-18-10-12-24-13-11-18/h6,8-15H,4-5,7,16H2,1-3H3. The van der Waals surface area contributed by atoms with Gasteiger partial charge in [-0.15, -0.1) is 0 Å². The van der Waals surface area contributed by atoms with Gasteiger partial charge in [0.15, 0.2) is 0 Å². The monoisotopic (exact) mass is 374 g/mol. The van der Waals surface area contributed by atoms with Gasteiger partial charge in [-0.1, -0.05) is 19.1 Å². The fraction of sp³-hybridized carbons (Fsp3) is 0.304. The average molecular weight is 374 g/mol. The molecule has 2 heterocycles. The molecule has 28 heavy (non-hydrogen) atoms. The molecular formula is C23H26N4O. The van der Waals surface area contributed by atoms with E-state index in [0.29, 0.717) is 18.7 Å². The zero-order chi connectivity index (χ0) is 19.9. The Morgan fingerprint density at radius 2 is 1.82 bits per heavy atom. The van der Waals surface area contributed by atoms with Crippen molar-refractivity contribution in [2.75, 3.05) is 6.54 Å². The Morgan fingerprint density at radius 1 is 1.04 bits per heavy atom. The molecule has 0 fully saturated rings. The Balaban J connectivity index is 1.87. The first-order valence-electron chi connectivity index (χ1n) is 9.74. The van der Waals surface area contributed by atoms with Crippen molar-refractivity contribution in [1.29, 1.82) is 0 Å². The molecule has 0 aliphatic heterocycles. The van der Waals surface area contributed by atoms with Crippen LogP contribution in [0.4, 0.5) is 0 Å². The van der Waals surface area contributed by atoms with Crippen molar-refractivity contribution in [2.45, 2.75) is 40.2 Å². The van der Waals surface area contributed by atoms with Crippen LogP contribution in [0, 0.1) is 6.92 Å². The Hall–Kier alpha value is -3.08. The lowest BCUT2D eigenvalue weighted by Crippen LogP contribution is -2.30. The second kappa shape index (κ2) is 9.22. The van der Waals surface area contributed by atoms with Gasteiger partial charge in [0.05, 0.1) is 5.69 Å². The molecule has 3 rings (SSSR count). The summed E-state index contributed by atoms with van der Waals surface area (Å²) in [5, 5.41) is 0. The molecule has 0 bridgehead atoms. The largest absolute Gasteiger partial charge is 0.335 e. The maximum atomic E-state index is 13.1. The zero-order valence-electron chi connectivity index (χ0n) is 16.7. The fourth-order valence-electron chi connectivity index (χ4n) is 3.14. The first-order valence-corrected chi connectivity index (χ1v) is 9.74. The first-order chi connectivity index (χ1) is 13.6. The van der Waals surface area contributed by atoms with Crippen LogP contribution in [0.2, 0.25) is 0 Å². The minimum absolute atomic E-state index is 0.0146. The van der Waals surface area contributed by atoms with Gasteiger partial charge in [0, 0.05) is 48.7 Å². The third-order valence-electron chi connectivity index (χ3n) is 4.57. The van der Waals surface area contributed by atoms with Crippen LogP contribution < -0.4 is 0 Å². The molecule has 0 saturated heterocycles. The molecule has 3 aromatic rings. The topological polar surface area (TPSA) is 59.0 Å². The summed E-state index contributed by atoms with van der Waals surface area (Å²) in [5.74, 6) is 0.864. The van der Waals surface area contributed by atoms with Gasteiger partial charge in [-0.25, -0.2) is 9.97 Å². The van der Waals surface area contributed by atoms with Crippen molar-refractivity contribution in [2.24, 2.45) is 0 Å². The van der Waals surface area contributed by atoms with Crippen LogP contribution >= 0.6 is 0 Å². The molecule has 0 aliphatic carbocycles. The SMILES string of the molecule is CCCc1nc(C)cc(-c2cccc(C(=O)N(CC)Cc3ccncc3)c2)n1. The molecule has 2 aromatic heterocycles. The van der Waals surface area contributed by atoms with Crippen molar-refractivity contribution in [3.63, 3.8) is 0 Å². The number of hydrogen-bond donors (Lipinski definition) is 0. The fourth-order valence-corrected chi connectivity index (χ4v) is 3.14. The van der Waals surface area contributed by atoms with Crippen molar-refractivity contribution >= 4 is 5.91 Å². The maximum absolute atomic E-state index is 13.1. The van der Waals surface area contributed by atoms with Gasteiger partial charge in [-0.3, -0.25) is 9.78 Å². The predicted molar refractivity (Wildman–Crippen MR) is 111 cm³/mol. The number of carbonyl (C=O) groups excluding carboxylic acids is 1. The molecule has 0 radical (unpaired) electrons. The van der Waals surface area contributed by atoms with E-state index in [2.05, 4.69) is 21.9 Å². The third-order valence-corrected chi connectivity index (χ3v) is 4.57. The Bertz CT molecular complexity index is 940. The van der Waals surface area contributed by atoms with Crippen molar-refractivity contribution in [1.82, 2.24) is 19.9 Å². The zero-order valence-corrected chi connectivity index (χ0v) is 16.7. The van der Waals surface area contributed by atoms with E-state index in [4.69, 9.17) is 0 Å². The molecule has 0 aliphatic rings. The molecule has 1 amide bonds. The Kier molecular flexibility index (Phi) is 6.48.